The van der Waals surface area contributed by atoms with E-state index in [1.807, 2.05) is 0 Å². The molecule has 0 bridgehead atoms. The number of nitrogens with zero attached hydrogens (tertiary/aromatic N) is 1. The van der Waals surface area contributed by atoms with Crippen molar-refractivity contribution in [1.82, 2.24) is 4.98 Å². The largest absolute Gasteiger partial charge is 0.366 e. The van der Waals surface area contributed by atoms with E-state index < -0.39 is 28.1 Å². The number of halogens is 4. The molecule has 0 aromatic carbocycles. The maximum Gasteiger partial charge on any atom is 0.268 e. The van der Waals surface area contributed by atoms with Crippen molar-refractivity contribution in [3.8, 4) is 0 Å². The summed E-state index contributed by atoms with van der Waals surface area (Å²) in [6.07, 6.45) is -1.94. The number of hydrogen-bond acceptors (Lipinski definition) is 2. The Labute approximate surface area is 87.8 Å². The molecule has 0 aliphatic rings. The van der Waals surface area contributed by atoms with Crippen molar-refractivity contribution in [2.75, 3.05) is 0 Å². The van der Waals surface area contributed by atoms with Crippen LogP contribution in [0.2, 0.25) is 10.2 Å². The number of rotatable bonds is 2. The van der Waals surface area contributed by atoms with Crippen molar-refractivity contribution >= 4 is 29.1 Å². The summed E-state index contributed by atoms with van der Waals surface area (Å²) in [6, 6.07) is 0. The summed E-state index contributed by atoms with van der Waals surface area (Å²) in [7, 11) is 0. The van der Waals surface area contributed by atoms with E-state index in [1.165, 1.54) is 0 Å². The second kappa shape index (κ2) is 4.06. The zero-order chi connectivity index (χ0) is 10.9. The lowest BCUT2D eigenvalue weighted by Gasteiger charge is -2.07. The number of aromatic nitrogens is 1. The molecule has 1 aromatic heterocycles. The Hall–Kier alpha value is -0.940. The lowest BCUT2D eigenvalue weighted by Crippen LogP contribution is -2.13. The quantitative estimate of drug-likeness (QED) is 0.808. The molecule has 0 aliphatic heterocycles. The highest BCUT2D eigenvalue weighted by atomic mass is 35.5. The molecule has 1 aromatic rings. The Morgan fingerprint density at radius 2 is 2.07 bits per heavy atom. The van der Waals surface area contributed by atoms with E-state index in [4.69, 9.17) is 28.9 Å². The van der Waals surface area contributed by atoms with Crippen LogP contribution in [0, 0.1) is 0 Å². The molecule has 0 unspecified atom stereocenters. The lowest BCUT2D eigenvalue weighted by molar-refractivity contribution is 0.0999. The Bertz CT molecular complexity index is 384. The smallest absolute Gasteiger partial charge is 0.268 e. The molecule has 7 heteroatoms. The number of amides is 1. The van der Waals surface area contributed by atoms with Gasteiger partial charge in [0.25, 0.3) is 12.3 Å². The van der Waals surface area contributed by atoms with Crippen molar-refractivity contribution in [2.45, 2.75) is 6.43 Å². The van der Waals surface area contributed by atoms with Crippen molar-refractivity contribution in [2.24, 2.45) is 5.73 Å². The van der Waals surface area contributed by atoms with Crippen LogP contribution in [0.3, 0.4) is 0 Å². The van der Waals surface area contributed by atoms with Gasteiger partial charge in [-0.15, -0.1) is 0 Å². The van der Waals surface area contributed by atoms with Gasteiger partial charge in [-0.3, -0.25) is 4.79 Å². The number of hydrogen-bond donors (Lipinski definition) is 1. The fraction of sp³-hybridized carbons (Fsp3) is 0.143. The summed E-state index contributed by atoms with van der Waals surface area (Å²) >= 11 is 10.9. The van der Waals surface area contributed by atoms with Gasteiger partial charge in [-0.05, 0) is 0 Å². The number of carbonyl (C=O) groups excluding carboxylic acids is 1. The third-order valence-corrected chi connectivity index (χ3v) is 2.19. The zero-order valence-electron chi connectivity index (χ0n) is 6.60. The first kappa shape index (κ1) is 11.1. The first-order chi connectivity index (χ1) is 6.45. The van der Waals surface area contributed by atoms with Crippen molar-refractivity contribution < 1.29 is 13.6 Å². The van der Waals surface area contributed by atoms with Crippen LogP contribution in [0.4, 0.5) is 8.78 Å². The molecule has 0 radical (unpaired) electrons. The highest BCUT2D eigenvalue weighted by Gasteiger charge is 2.22. The first-order valence-corrected chi connectivity index (χ1v) is 4.12. The van der Waals surface area contributed by atoms with E-state index in [-0.39, 0.29) is 5.56 Å². The van der Waals surface area contributed by atoms with Crippen LogP contribution < -0.4 is 5.73 Å². The number of primary amides is 1. The van der Waals surface area contributed by atoms with Crippen molar-refractivity contribution in [3.63, 3.8) is 0 Å². The molecule has 1 amide bonds. The minimum atomic E-state index is -2.90. The number of nitrogens with two attached hydrogens (primary N) is 1. The molecule has 0 saturated carbocycles. The molecular weight excluding hydrogens is 237 g/mol. The molecule has 1 rings (SSSR count). The van der Waals surface area contributed by atoms with Gasteiger partial charge >= 0.3 is 0 Å². The topological polar surface area (TPSA) is 56.0 Å². The van der Waals surface area contributed by atoms with Crippen LogP contribution >= 0.6 is 23.2 Å². The van der Waals surface area contributed by atoms with Gasteiger partial charge in [0.2, 0.25) is 0 Å². The Balaban J connectivity index is 3.41. The van der Waals surface area contributed by atoms with Crippen LogP contribution in [0.15, 0.2) is 6.20 Å². The molecule has 14 heavy (non-hydrogen) atoms. The number of alkyl halides is 2. The average Bonchev–Trinajstić information content (AvgIpc) is 2.02. The van der Waals surface area contributed by atoms with Crippen LogP contribution in [-0.4, -0.2) is 10.9 Å². The summed E-state index contributed by atoms with van der Waals surface area (Å²) in [5, 5.41) is -0.887. The van der Waals surface area contributed by atoms with Gasteiger partial charge < -0.3 is 5.73 Å². The number of carbonyl (C=O) groups is 1. The summed E-state index contributed by atoms with van der Waals surface area (Å²) in [6.45, 7) is 0. The monoisotopic (exact) mass is 240 g/mol. The van der Waals surface area contributed by atoms with Crippen molar-refractivity contribution in [1.29, 1.82) is 0 Å². The zero-order valence-corrected chi connectivity index (χ0v) is 8.11. The normalized spacial score (nSPS) is 10.6. The van der Waals surface area contributed by atoms with Crippen LogP contribution in [-0.2, 0) is 0 Å². The molecular formula is C7H4Cl2F2N2O. The van der Waals surface area contributed by atoms with Gasteiger partial charge in [0, 0.05) is 6.20 Å². The minimum Gasteiger partial charge on any atom is -0.366 e. The molecule has 0 spiro atoms. The maximum absolute atomic E-state index is 12.4. The summed E-state index contributed by atoms with van der Waals surface area (Å²) in [4.78, 5) is 14.1. The van der Waals surface area contributed by atoms with E-state index >= 15 is 0 Å². The highest BCUT2D eigenvalue weighted by Crippen LogP contribution is 2.33. The van der Waals surface area contributed by atoms with Crippen LogP contribution in [0.5, 0.6) is 0 Å². The molecule has 0 fully saturated rings. The molecule has 0 aliphatic carbocycles. The fourth-order valence-electron chi connectivity index (χ4n) is 0.841. The molecule has 0 atom stereocenters. The third-order valence-electron chi connectivity index (χ3n) is 1.49. The minimum absolute atomic E-state index is 0.272. The van der Waals surface area contributed by atoms with Gasteiger partial charge in [0.1, 0.15) is 5.15 Å². The molecule has 1 heterocycles. The predicted molar refractivity (Wildman–Crippen MR) is 47.7 cm³/mol. The third kappa shape index (κ3) is 1.93. The average molecular weight is 241 g/mol. The second-order valence-electron chi connectivity index (χ2n) is 2.36. The molecule has 3 nitrogen and oxygen atoms in total. The molecule has 2 N–H and O–H groups in total. The van der Waals surface area contributed by atoms with Gasteiger partial charge in [-0.25, -0.2) is 13.8 Å². The second-order valence-corrected chi connectivity index (χ2v) is 3.09. The van der Waals surface area contributed by atoms with Gasteiger partial charge in [-0.2, -0.15) is 0 Å². The van der Waals surface area contributed by atoms with Gasteiger partial charge in [0.15, 0.2) is 0 Å². The fourth-order valence-corrected chi connectivity index (χ4v) is 1.43. The highest BCUT2D eigenvalue weighted by molar-refractivity contribution is 6.37. The van der Waals surface area contributed by atoms with Crippen molar-refractivity contribution in [3.05, 3.63) is 27.5 Å². The Morgan fingerprint density at radius 3 is 2.50 bits per heavy atom. The van der Waals surface area contributed by atoms with E-state index in [2.05, 4.69) is 4.98 Å². The maximum atomic E-state index is 12.4. The van der Waals surface area contributed by atoms with Crippen LogP contribution in [0.25, 0.3) is 0 Å². The lowest BCUT2D eigenvalue weighted by atomic mass is 10.2. The first-order valence-electron chi connectivity index (χ1n) is 3.37. The van der Waals surface area contributed by atoms with E-state index in [9.17, 15) is 13.6 Å². The van der Waals surface area contributed by atoms with E-state index in [0.717, 1.165) is 6.20 Å². The molecule has 0 saturated heterocycles. The summed E-state index contributed by atoms with van der Waals surface area (Å²) < 4.78 is 24.7. The summed E-state index contributed by atoms with van der Waals surface area (Å²) in [5.74, 6) is -0.930. The van der Waals surface area contributed by atoms with E-state index in [0.29, 0.717) is 0 Å². The van der Waals surface area contributed by atoms with Crippen LogP contribution in [0.1, 0.15) is 22.3 Å². The standard InChI is InChI=1S/C7H4Cl2F2N2O/c8-4-2(7(12)14)1-13-5(9)3(4)6(10)11/h1,6H,(H2,12,14). The van der Waals surface area contributed by atoms with Gasteiger partial charge in [-0.1, -0.05) is 23.2 Å². The SMILES string of the molecule is NC(=O)c1cnc(Cl)c(C(F)F)c1Cl. The molecule has 76 valence electrons. The van der Waals surface area contributed by atoms with E-state index in [1.54, 1.807) is 0 Å². The Kier molecular flexibility index (Phi) is 3.23. The predicted octanol–water partition coefficient (Wildman–Crippen LogP) is 2.42. The number of pyridine rings is 1. The van der Waals surface area contributed by atoms with Gasteiger partial charge in [0.05, 0.1) is 16.1 Å². The Morgan fingerprint density at radius 1 is 1.50 bits per heavy atom. The summed E-state index contributed by atoms with van der Waals surface area (Å²) in [5.41, 5.74) is 3.93.